The highest BCUT2D eigenvalue weighted by molar-refractivity contribution is 6.05. The van der Waals surface area contributed by atoms with Gasteiger partial charge in [-0.05, 0) is 80.1 Å². The number of aromatic nitrogens is 2. The van der Waals surface area contributed by atoms with E-state index in [0.29, 0.717) is 36.7 Å². The number of likely N-dealkylation sites (N-methyl/N-ethyl adjacent to an activating group) is 1. The number of nitrogens with one attached hydrogen (secondary N) is 2. The third kappa shape index (κ3) is 7.57. The molecule has 2 aromatic carbocycles. The van der Waals surface area contributed by atoms with Gasteiger partial charge in [-0.25, -0.2) is 14.8 Å². The molecule has 16 nitrogen and oxygen atoms in total. The Morgan fingerprint density at radius 2 is 1.75 bits per heavy atom. The van der Waals surface area contributed by atoms with E-state index in [-0.39, 0.29) is 43.3 Å². The summed E-state index contributed by atoms with van der Waals surface area (Å²) in [5, 5.41) is 5.65. The number of imide groups is 1. The van der Waals surface area contributed by atoms with E-state index >= 15 is 0 Å². The predicted molar refractivity (Wildman–Crippen MR) is 212 cm³/mol. The van der Waals surface area contributed by atoms with E-state index in [0.717, 1.165) is 101 Å². The molecule has 0 spiro atoms. The summed E-state index contributed by atoms with van der Waals surface area (Å²) in [6.07, 6.45) is 5.84. The van der Waals surface area contributed by atoms with Gasteiger partial charge in [0, 0.05) is 90.7 Å². The summed E-state index contributed by atoms with van der Waals surface area (Å²) in [6, 6.07) is 13.4. The fourth-order valence-electron chi connectivity index (χ4n) is 8.72. The average Bonchev–Trinajstić information content (AvgIpc) is 3.72. The molecule has 4 fully saturated rings. The van der Waals surface area contributed by atoms with Crippen LogP contribution < -0.4 is 26.2 Å². The second-order valence-electron chi connectivity index (χ2n) is 15.4. The minimum atomic E-state index is -0.664. The molecule has 3 aromatic rings. The second-order valence-corrected chi connectivity index (χ2v) is 15.4. The fourth-order valence-corrected chi connectivity index (χ4v) is 8.72. The van der Waals surface area contributed by atoms with Gasteiger partial charge in [-0.2, -0.15) is 0 Å². The Morgan fingerprint density at radius 1 is 0.946 bits per heavy atom. The number of nitrogens with zero attached hydrogens (tertiary/aromatic N) is 8. The number of anilines is 4. The Hall–Kier alpha value is -5.77. The van der Waals surface area contributed by atoms with Crippen LogP contribution in [0.2, 0.25) is 0 Å². The highest BCUT2D eigenvalue weighted by atomic mass is 16.2. The van der Waals surface area contributed by atoms with Gasteiger partial charge in [0.15, 0.2) is 11.5 Å². The first-order valence-electron chi connectivity index (χ1n) is 19.7. The molecule has 4 N–H and O–H groups in total. The van der Waals surface area contributed by atoms with E-state index in [1.54, 1.807) is 16.0 Å². The summed E-state index contributed by atoms with van der Waals surface area (Å²) in [4.78, 5) is 83.8. The monoisotopic (exact) mass is 765 g/mol. The molecule has 6 heterocycles. The van der Waals surface area contributed by atoms with Crippen molar-refractivity contribution < 1.29 is 25.4 Å². The maximum absolute atomic E-state index is 13.2. The lowest BCUT2D eigenvalue weighted by Crippen LogP contribution is -2.52. The topological polar surface area (TPSA) is 181 Å². The lowest BCUT2D eigenvalue weighted by atomic mass is 9.99. The van der Waals surface area contributed by atoms with Crippen LogP contribution in [0.4, 0.5) is 27.8 Å². The number of aryl methyl sites for hydroxylation is 1. The van der Waals surface area contributed by atoms with Crippen LogP contribution in [0.1, 0.15) is 65.5 Å². The maximum Gasteiger partial charge on any atom is 0.320 e. The summed E-state index contributed by atoms with van der Waals surface area (Å²) in [7, 11) is 1.83. The number of benzene rings is 2. The molecular formula is C40H51N11O5. The Kier molecular flexibility index (Phi) is 10.5. The number of rotatable bonds is 11. The van der Waals surface area contributed by atoms with E-state index in [2.05, 4.69) is 48.5 Å². The number of nitrogens with two attached hydrogens (primary N) is 1. The molecule has 1 aromatic heterocycles. The number of carbonyl (C=O) groups is 5. The lowest BCUT2D eigenvalue weighted by Gasteiger charge is -2.37. The standard InChI is InChI=1S/C40H49N11O5.H2/c1-46-17-22-50(40(46)56)29-7-4-16-49(24-29)33-23-42-35(36(41)53)37(44-33)43-27-9-11-28(12-10-27)48-20-18-47(19-21-48)15-3-6-26-5-2-8-30-31(26)25-51(39(30)55)32-13-14-34(52)45-38(32)54;/h2,5,8-12,23,29,32H,3-4,6-7,13-22,24-25H2,1H3,(H2,41,53)(H,43,44)(H,45,52,54);1H/t29-,32?;/m1./s1. The number of hydrogen-bond acceptors (Lipinski definition) is 11. The van der Waals surface area contributed by atoms with E-state index in [1.165, 1.54) is 0 Å². The van der Waals surface area contributed by atoms with Crippen molar-refractivity contribution in [3.8, 4) is 0 Å². The van der Waals surface area contributed by atoms with Gasteiger partial charge in [-0.3, -0.25) is 29.4 Å². The SMILES string of the molecule is CN1CCN([C@@H]2CCCN(c3cnc(C(N)=O)c(Nc4ccc(N5CCN(CCCc6cccc7c6CN(C6CCC(=O)NC6=O)C7=O)CC5)cc4)n3)C2)C1=O.[HH]. The number of amides is 6. The highest BCUT2D eigenvalue weighted by Gasteiger charge is 2.40. The smallest absolute Gasteiger partial charge is 0.320 e. The number of piperazine rings is 1. The summed E-state index contributed by atoms with van der Waals surface area (Å²) in [5.41, 5.74) is 10.4. The van der Waals surface area contributed by atoms with Crippen molar-refractivity contribution in [2.75, 3.05) is 81.1 Å². The number of urea groups is 1. The number of piperidine rings is 2. The summed E-state index contributed by atoms with van der Waals surface area (Å²) in [5.74, 6) is -0.540. The molecule has 16 heteroatoms. The molecular weight excluding hydrogens is 715 g/mol. The first-order chi connectivity index (χ1) is 27.1. The number of carbonyl (C=O) groups excluding carboxylic acids is 5. The van der Waals surface area contributed by atoms with Gasteiger partial charge >= 0.3 is 6.03 Å². The Balaban J connectivity index is 0.00000496. The van der Waals surface area contributed by atoms with Crippen LogP contribution in [-0.4, -0.2) is 137 Å². The molecule has 0 radical (unpaired) electrons. The molecule has 0 saturated carbocycles. The minimum absolute atomic E-state index is 0. The molecule has 8 rings (SSSR count). The summed E-state index contributed by atoms with van der Waals surface area (Å²) >= 11 is 0. The van der Waals surface area contributed by atoms with E-state index in [9.17, 15) is 24.0 Å². The summed E-state index contributed by atoms with van der Waals surface area (Å²) < 4.78 is 0. The fraction of sp³-hybridized carbons (Fsp3) is 0.475. The predicted octanol–water partition coefficient (Wildman–Crippen LogP) is 2.42. The molecule has 1 unspecified atom stereocenters. The number of hydrogen-bond donors (Lipinski definition) is 3. The van der Waals surface area contributed by atoms with Gasteiger partial charge < -0.3 is 35.6 Å². The Morgan fingerprint density at radius 3 is 2.48 bits per heavy atom. The van der Waals surface area contributed by atoms with Crippen molar-refractivity contribution in [1.82, 2.24) is 34.9 Å². The molecule has 4 saturated heterocycles. The van der Waals surface area contributed by atoms with Crippen molar-refractivity contribution >= 4 is 52.7 Å². The summed E-state index contributed by atoms with van der Waals surface area (Å²) in [6.45, 7) is 7.85. The average molecular weight is 766 g/mol. The van der Waals surface area contributed by atoms with Crippen molar-refractivity contribution in [3.05, 3.63) is 71.0 Å². The first-order valence-corrected chi connectivity index (χ1v) is 19.7. The normalized spacial score (nSPS) is 21.8. The second kappa shape index (κ2) is 15.8. The highest BCUT2D eigenvalue weighted by Crippen LogP contribution is 2.31. The number of fused-ring (bicyclic) bond motifs is 1. The molecule has 5 aliphatic rings. The van der Waals surface area contributed by atoms with Crippen molar-refractivity contribution in [2.24, 2.45) is 5.73 Å². The molecule has 5 aliphatic heterocycles. The van der Waals surface area contributed by atoms with Crippen LogP contribution in [0.25, 0.3) is 0 Å². The maximum atomic E-state index is 13.2. The zero-order valence-electron chi connectivity index (χ0n) is 31.8. The van der Waals surface area contributed by atoms with Crippen molar-refractivity contribution in [3.63, 3.8) is 0 Å². The lowest BCUT2D eigenvalue weighted by molar-refractivity contribution is -0.136. The molecule has 56 heavy (non-hydrogen) atoms. The third-order valence-corrected chi connectivity index (χ3v) is 11.9. The van der Waals surface area contributed by atoms with Gasteiger partial charge in [0.1, 0.15) is 11.9 Å². The van der Waals surface area contributed by atoms with Gasteiger partial charge in [0.05, 0.1) is 12.2 Å². The van der Waals surface area contributed by atoms with Crippen LogP contribution in [0.3, 0.4) is 0 Å². The zero-order valence-corrected chi connectivity index (χ0v) is 31.8. The molecule has 6 amide bonds. The molecule has 296 valence electrons. The largest absolute Gasteiger partial charge is 0.369 e. The van der Waals surface area contributed by atoms with Crippen molar-refractivity contribution in [1.29, 1.82) is 0 Å². The Bertz CT molecular complexity index is 2020. The van der Waals surface area contributed by atoms with E-state index in [1.807, 2.05) is 36.2 Å². The van der Waals surface area contributed by atoms with Crippen LogP contribution in [0.15, 0.2) is 48.7 Å². The molecule has 2 atom stereocenters. The Labute approximate surface area is 327 Å². The number of primary amides is 1. The zero-order chi connectivity index (χ0) is 38.9. The van der Waals surface area contributed by atoms with E-state index < -0.39 is 11.9 Å². The van der Waals surface area contributed by atoms with Gasteiger partial charge in [0.2, 0.25) is 11.8 Å². The minimum Gasteiger partial charge on any atom is -0.369 e. The molecule has 0 bridgehead atoms. The van der Waals surface area contributed by atoms with E-state index in [4.69, 9.17) is 10.7 Å². The van der Waals surface area contributed by atoms with Crippen LogP contribution in [-0.2, 0) is 22.6 Å². The van der Waals surface area contributed by atoms with Crippen LogP contribution in [0.5, 0.6) is 0 Å². The van der Waals surface area contributed by atoms with Crippen molar-refractivity contribution in [2.45, 2.75) is 57.2 Å². The van der Waals surface area contributed by atoms with Gasteiger partial charge in [-0.1, -0.05) is 12.1 Å². The van der Waals surface area contributed by atoms with Gasteiger partial charge in [-0.15, -0.1) is 0 Å². The van der Waals surface area contributed by atoms with Crippen LogP contribution in [0, 0.1) is 0 Å². The third-order valence-electron chi connectivity index (χ3n) is 11.9. The quantitative estimate of drug-likeness (QED) is 0.244. The first kappa shape index (κ1) is 37.2. The van der Waals surface area contributed by atoms with Gasteiger partial charge in [0.25, 0.3) is 11.8 Å². The molecule has 0 aliphatic carbocycles. The van der Waals surface area contributed by atoms with Crippen LogP contribution >= 0.6 is 0 Å².